The molecule has 2 unspecified atom stereocenters. The van der Waals surface area contributed by atoms with Gasteiger partial charge in [-0.2, -0.15) is 0 Å². The van der Waals surface area contributed by atoms with Gasteiger partial charge in [0.15, 0.2) is 0 Å². The lowest BCUT2D eigenvalue weighted by atomic mass is 9.46. The second-order valence-corrected chi connectivity index (χ2v) is 10.1. The van der Waals surface area contributed by atoms with Gasteiger partial charge in [-0.05, 0) is 92.3 Å². The molecule has 0 bridgehead atoms. The van der Waals surface area contributed by atoms with Crippen molar-refractivity contribution in [3.05, 3.63) is 11.6 Å². The predicted molar refractivity (Wildman–Crippen MR) is 97.5 cm³/mol. The van der Waals surface area contributed by atoms with Gasteiger partial charge in [-0.3, -0.25) is 0 Å². The average Bonchev–Trinajstić information content (AvgIpc) is 2.83. The number of allylic oxidation sites excluding steroid dienone is 1. The van der Waals surface area contributed by atoms with Gasteiger partial charge < -0.3 is 10.2 Å². The van der Waals surface area contributed by atoms with Crippen molar-refractivity contribution in [2.75, 3.05) is 0 Å². The Morgan fingerprint density at radius 1 is 1.08 bits per heavy atom. The van der Waals surface area contributed by atoms with Gasteiger partial charge in [0.2, 0.25) is 0 Å². The second kappa shape index (κ2) is 5.84. The first-order valence-electron chi connectivity index (χ1n) is 10.4. The Kier molecular flexibility index (Phi) is 4.16. The molecular weight excluding hydrogens is 296 g/mol. The van der Waals surface area contributed by atoms with Crippen molar-refractivity contribution >= 4 is 0 Å². The van der Waals surface area contributed by atoms with Gasteiger partial charge in [-0.15, -0.1) is 0 Å². The van der Waals surface area contributed by atoms with E-state index >= 15 is 0 Å². The highest BCUT2D eigenvalue weighted by molar-refractivity contribution is 5.26. The van der Waals surface area contributed by atoms with Crippen molar-refractivity contribution in [3.8, 4) is 0 Å². The van der Waals surface area contributed by atoms with Crippen LogP contribution in [0.3, 0.4) is 0 Å². The average molecular weight is 333 g/mol. The molecule has 24 heavy (non-hydrogen) atoms. The van der Waals surface area contributed by atoms with Crippen molar-refractivity contribution < 1.29 is 10.2 Å². The molecule has 2 heteroatoms. The van der Waals surface area contributed by atoms with Crippen LogP contribution < -0.4 is 0 Å². The van der Waals surface area contributed by atoms with Crippen LogP contribution in [0.4, 0.5) is 0 Å². The fraction of sp³-hybridized carbons (Fsp3) is 0.909. The minimum atomic E-state index is -0.116. The lowest BCUT2D eigenvalue weighted by Crippen LogP contribution is -2.52. The molecule has 0 radical (unpaired) electrons. The van der Waals surface area contributed by atoms with Gasteiger partial charge in [-0.1, -0.05) is 32.4 Å². The third-order valence-electron chi connectivity index (χ3n) is 8.52. The molecule has 0 amide bonds. The molecule has 0 aromatic heterocycles. The standard InChI is InChI=1S/C22H36O2/c1-14(2)13-22-11-8-16(23)12-15(22)4-5-17-18-6-7-20(24)21(18,3)10-9-19(17)22/h4,14,16-20,23-24H,5-13H2,1-3H3/t16?,17-,18-,19+,20?,21-,22+/m0/s1. The van der Waals surface area contributed by atoms with Crippen LogP contribution in [0.1, 0.15) is 78.6 Å². The van der Waals surface area contributed by atoms with E-state index in [-0.39, 0.29) is 17.6 Å². The van der Waals surface area contributed by atoms with Gasteiger partial charge in [0.05, 0.1) is 12.2 Å². The second-order valence-electron chi connectivity index (χ2n) is 10.1. The predicted octanol–water partition coefficient (Wildman–Crippen LogP) is 4.70. The van der Waals surface area contributed by atoms with Crippen molar-refractivity contribution in [3.63, 3.8) is 0 Å². The van der Waals surface area contributed by atoms with Crippen LogP contribution in [0.15, 0.2) is 11.6 Å². The van der Waals surface area contributed by atoms with Crippen LogP contribution in [0, 0.1) is 34.5 Å². The largest absolute Gasteiger partial charge is 0.393 e. The van der Waals surface area contributed by atoms with E-state index < -0.39 is 0 Å². The van der Waals surface area contributed by atoms with Gasteiger partial charge in [0, 0.05) is 0 Å². The van der Waals surface area contributed by atoms with E-state index in [1.165, 1.54) is 38.5 Å². The van der Waals surface area contributed by atoms with E-state index in [9.17, 15) is 10.2 Å². The molecule has 136 valence electrons. The first-order valence-corrected chi connectivity index (χ1v) is 10.4. The number of hydrogen-bond acceptors (Lipinski definition) is 2. The van der Waals surface area contributed by atoms with Crippen molar-refractivity contribution in [1.82, 2.24) is 0 Å². The highest BCUT2D eigenvalue weighted by Gasteiger charge is 2.59. The summed E-state index contributed by atoms with van der Waals surface area (Å²) in [7, 11) is 0. The van der Waals surface area contributed by atoms with Gasteiger partial charge in [-0.25, -0.2) is 0 Å². The smallest absolute Gasteiger partial charge is 0.0596 e. The minimum absolute atomic E-state index is 0.0805. The molecule has 4 rings (SSSR count). The maximum absolute atomic E-state index is 10.6. The Morgan fingerprint density at radius 3 is 2.62 bits per heavy atom. The molecule has 3 fully saturated rings. The van der Waals surface area contributed by atoms with Gasteiger partial charge in [0.25, 0.3) is 0 Å². The third-order valence-corrected chi connectivity index (χ3v) is 8.52. The fourth-order valence-electron chi connectivity index (χ4n) is 7.52. The SMILES string of the molecule is CC(C)C[C@]12CCC(O)CC1=CC[C@@H]1[C@H]2CC[C@]2(C)C(O)CC[C@@H]12. The van der Waals surface area contributed by atoms with E-state index in [1.807, 2.05) is 0 Å². The van der Waals surface area contributed by atoms with Crippen molar-refractivity contribution in [2.45, 2.75) is 90.8 Å². The number of hydrogen-bond donors (Lipinski definition) is 2. The molecule has 0 heterocycles. The van der Waals surface area contributed by atoms with Gasteiger partial charge in [0.1, 0.15) is 0 Å². The summed E-state index contributed by atoms with van der Waals surface area (Å²) in [4.78, 5) is 0. The lowest BCUT2D eigenvalue weighted by Gasteiger charge is -2.59. The summed E-state index contributed by atoms with van der Waals surface area (Å²) in [5, 5.41) is 20.8. The zero-order valence-electron chi connectivity index (χ0n) is 15.8. The Balaban J connectivity index is 1.71. The van der Waals surface area contributed by atoms with Crippen molar-refractivity contribution in [1.29, 1.82) is 0 Å². The summed E-state index contributed by atoms with van der Waals surface area (Å²) >= 11 is 0. The topological polar surface area (TPSA) is 40.5 Å². The summed E-state index contributed by atoms with van der Waals surface area (Å²) in [5.41, 5.74) is 2.11. The molecule has 0 aromatic rings. The highest BCUT2D eigenvalue weighted by Crippen LogP contribution is 2.66. The summed E-state index contributed by atoms with van der Waals surface area (Å²) < 4.78 is 0. The Bertz CT molecular complexity index is 524. The Morgan fingerprint density at radius 2 is 1.88 bits per heavy atom. The van der Waals surface area contributed by atoms with Crippen LogP contribution in [-0.4, -0.2) is 22.4 Å². The molecule has 0 spiro atoms. The van der Waals surface area contributed by atoms with Crippen LogP contribution in [-0.2, 0) is 0 Å². The molecule has 0 saturated heterocycles. The van der Waals surface area contributed by atoms with E-state index in [4.69, 9.17) is 0 Å². The maximum atomic E-state index is 10.6. The Hall–Kier alpha value is -0.340. The summed E-state index contributed by atoms with van der Waals surface area (Å²) in [6.45, 7) is 7.10. The molecule has 4 aliphatic rings. The van der Waals surface area contributed by atoms with Crippen LogP contribution in [0.5, 0.6) is 0 Å². The molecule has 0 aromatic carbocycles. The number of aliphatic hydroxyl groups excluding tert-OH is 2. The molecule has 2 N–H and O–H groups in total. The van der Waals surface area contributed by atoms with E-state index in [1.54, 1.807) is 5.57 Å². The molecule has 4 aliphatic carbocycles. The summed E-state index contributed by atoms with van der Waals surface area (Å²) in [6, 6.07) is 0. The van der Waals surface area contributed by atoms with E-state index in [0.29, 0.717) is 17.3 Å². The molecule has 0 aliphatic heterocycles. The zero-order valence-corrected chi connectivity index (χ0v) is 15.8. The summed E-state index contributed by atoms with van der Waals surface area (Å²) in [6.07, 6.45) is 12.6. The third kappa shape index (κ3) is 2.35. The maximum Gasteiger partial charge on any atom is 0.0596 e. The van der Waals surface area contributed by atoms with E-state index in [0.717, 1.165) is 31.1 Å². The summed E-state index contributed by atoms with van der Waals surface area (Å²) in [5.74, 6) is 2.97. The van der Waals surface area contributed by atoms with E-state index in [2.05, 4.69) is 26.8 Å². The van der Waals surface area contributed by atoms with Crippen LogP contribution in [0.25, 0.3) is 0 Å². The zero-order chi connectivity index (χ0) is 17.1. The first-order chi connectivity index (χ1) is 11.4. The quantitative estimate of drug-likeness (QED) is 0.720. The number of fused-ring (bicyclic) bond motifs is 5. The monoisotopic (exact) mass is 332 g/mol. The first kappa shape index (κ1) is 17.1. The van der Waals surface area contributed by atoms with Crippen LogP contribution >= 0.6 is 0 Å². The number of aliphatic hydroxyl groups is 2. The number of rotatable bonds is 2. The normalized spacial score (nSPS) is 50.9. The molecule has 7 atom stereocenters. The van der Waals surface area contributed by atoms with Gasteiger partial charge >= 0.3 is 0 Å². The molecule has 2 nitrogen and oxygen atoms in total. The minimum Gasteiger partial charge on any atom is -0.393 e. The molecule has 3 saturated carbocycles. The lowest BCUT2D eigenvalue weighted by molar-refractivity contribution is -0.0808. The molecular formula is C22H36O2. The van der Waals surface area contributed by atoms with Crippen molar-refractivity contribution in [2.24, 2.45) is 34.5 Å². The highest BCUT2D eigenvalue weighted by atomic mass is 16.3. The fourth-order valence-corrected chi connectivity index (χ4v) is 7.52. The Labute approximate surface area is 147 Å². The van der Waals surface area contributed by atoms with Crippen LogP contribution in [0.2, 0.25) is 0 Å².